The van der Waals surface area contributed by atoms with Crippen LogP contribution >= 0.6 is 0 Å². The maximum atomic E-state index is 12.2. The maximum absolute atomic E-state index is 12.2. The van der Waals surface area contributed by atoms with Crippen LogP contribution in [0.4, 0.5) is 0 Å². The second kappa shape index (κ2) is 4.35. The Labute approximate surface area is 106 Å². The van der Waals surface area contributed by atoms with Crippen molar-refractivity contribution in [2.45, 2.75) is 33.3 Å². The third-order valence-electron chi connectivity index (χ3n) is 3.93. The third kappa shape index (κ3) is 1.90. The molecule has 0 aliphatic carbocycles. The van der Waals surface area contributed by atoms with E-state index in [0.29, 0.717) is 18.8 Å². The molecule has 2 heterocycles. The molecule has 18 heavy (non-hydrogen) atoms. The number of likely N-dealkylation sites (tertiary alicyclic amines) is 1. The molecule has 0 saturated carbocycles. The second-order valence-electron chi connectivity index (χ2n) is 5.43. The van der Waals surface area contributed by atoms with Crippen LogP contribution in [0.2, 0.25) is 0 Å². The Bertz CT molecular complexity index is 457. The zero-order valence-electron chi connectivity index (χ0n) is 11.2. The highest BCUT2D eigenvalue weighted by atomic mass is 16.6. The van der Waals surface area contributed by atoms with E-state index in [9.17, 15) is 9.90 Å². The van der Waals surface area contributed by atoms with Gasteiger partial charge in [-0.3, -0.25) is 4.79 Å². The summed E-state index contributed by atoms with van der Waals surface area (Å²) < 4.78 is 4.54. The predicted octanol–water partition coefficient (Wildman–Crippen LogP) is 0.857. The summed E-state index contributed by atoms with van der Waals surface area (Å²) in [6, 6.07) is 0. The van der Waals surface area contributed by atoms with E-state index in [1.807, 2.05) is 20.8 Å². The summed E-state index contributed by atoms with van der Waals surface area (Å²) in [6.45, 7) is 8.43. The van der Waals surface area contributed by atoms with Gasteiger partial charge in [0, 0.05) is 12.5 Å². The van der Waals surface area contributed by atoms with Gasteiger partial charge < -0.3 is 10.0 Å². The number of nitrogens with zero attached hydrogens (tertiary/aromatic N) is 3. The summed E-state index contributed by atoms with van der Waals surface area (Å²) >= 11 is 0. The van der Waals surface area contributed by atoms with Crippen molar-refractivity contribution in [2.75, 3.05) is 13.1 Å². The molecule has 1 aromatic heterocycles. The van der Waals surface area contributed by atoms with E-state index < -0.39 is 5.60 Å². The first-order valence-corrected chi connectivity index (χ1v) is 6.17. The van der Waals surface area contributed by atoms with E-state index in [-0.39, 0.29) is 23.4 Å². The minimum Gasteiger partial charge on any atom is -0.387 e. The first-order chi connectivity index (χ1) is 8.36. The Morgan fingerprint density at radius 3 is 2.67 bits per heavy atom. The summed E-state index contributed by atoms with van der Waals surface area (Å²) in [4.78, 5) is 13.9. The lowest BCUT2D eigenvalue weighted by Gasteiger charge is -2.30. The van der Waals surface area contributed by atoms with E-state index in [2.05, 4.69) is 14.9 Å². The number of amides is 1. The predicted molar refractivity (Wildman–Crippen MR) is 63.9 cm³/mol. The molecule has 1 aliphatic rings. The molecule has 1 aliphatic heterocycles. The highest BCUT2D eigenvalue weighted by Gasteiger charge is 2.47. The van der Waals surface area contributed by atoms with Crippen LogP contribution in [0.1, 0.15) is 37.0 Å². The molecule has 0 unspecified atom stereocenters. The highest BCUT2D eigenvalue weighted by molar-refractivity contribution is 5.93. The third-order valence-corrected chi connectivity index (χ3v) is 3.93. The molecule has 1 aromatic rings. The first-order valence-electron chi connectivity index (χ1n) is 6.17. The fourth-order valence-corrected chi connectivity index (χ4v) is 2.50. The number of β-amino-alcohol motifs (C(OH)–C–C–N with tert-alkyl or cyclic N) is 1. The van der Waals surface area contributed by atoms with Crippen LogP contribution in [0.5, 0.6) is 0 Å². The maximum Gasteiger partial charge on any atom is 0.278 e. The van der Waals surface area contributed by atoms with Crippen LogP contribution in [0.25, 0.3) is 0 Å². The smallest absolute Gasteiger partial charge is 0.278 e. The second-order valence-corrected chi connectivity index (χ2v) is 5.43. The van der Waals surface area contributed by atoms with Crippen molar-refractivity contribution in [1.29, 1.82) is 0 Å². The lowest BCUT2D eigenvalue weighted by Crippen LogP contribution is -2.43. The molecule has 2 rings (SSSR count). The van der Waals surface area contributed by atoms with Crippen molar-refractivity contribution in [3.05, 3.63) is 11.4 Å². The van der Waals surface area contributed by atoms with Gasteiger partial charge in [0.05, 0.1) is 12.1 Å². The topological polar surface area (TPSA) is 79.5 Å². The molecule has 100 valence electrons. The Kier molecular flexibility index (Phi) is 3.14. The summed E-state index contributed by atoms with van der Waals surface area (Å²) in [5, 5.41) is 17.8. The minimum atomic E-state index is -0.833. The Morgan fingerprint density at radius 2 is 2.22 bits per heavy atom. The molecule has 1 fully saturated rings. The van der Waals surface area contributed by atoms with Crippen molar-refractivity contribution in [3.8, 4) is 0 Å². The zero-order valence-corrected chi connectivity index (χ0v) is 11.2. The highest BCUT2D eigenvalue weighted by Crippen LogP contribution is 2.34. The number of carbonyl (C=O) groups excluding carboxylic acids is 1. The van der Waals surface area contributed by atoms with Crippen LogP contribution in [0.15, 0.2) is 4.63 Å². The van der Waals surface area contributed by atoms with E-state index in [0.717, 1.165) is 0 Å². The summed E-state index contributed by atoms with van der Waals surface area (Å²) in [5.74, 6) is -0.0828. The lowest BCUT2D eigenvalue weighted by atomic mass is 9.82. The van der Waals surface area contributed by atoms with Gasteiger partial charge in [0.1, 0.15) is 5.69 Å². The van der Waals surface area contributed by atoms with E-state index >= 15 is 0 Å². The molecular formula is C12H19N3O3. The van der Waals surface area contributed by atoms with Gasteiger partial charge in [0.2, 0.25) is 0 Å². The van der Waals surface area contributed by atoms with Crippen molar-refractivity contribution in [3.63, 3.8) is 0 Å². The molecule has 1 amide bonds. The first kappa shape index (κ1) is 13.0. The molecule has 1 N–H and O–H groups in total. The standard InChI is InChI=1S/C12H19N3O3/c1-7(2)12(17)6-15(5-8(12)3)11(16)10-9(4)13-18-14-10/h7-8,17H,5-6H2,1-4H3/t8-,12-/m1/s1. The Hall–Kier alpha value is -1.43. The van der Waals surface area contributed by atoms with E-state index in [1.165, 1.54) is 0 Å². The van der Waals surface area contributed by atoms with E-state index in [4.69, 9.17) is 0 Å². The monoisotopic (exact) mass is 253 g/mol. The van der Waals surface area contributed by atoms with Gasteiger partial charge in [-0.15, -0.1) is 0 Å². The summed E-state index contributed by atoms with van der Waals surface area (Å²) in [5.41, 5.74) is -0.122. The van der Waals surface area contributed by atoms with Crippen molar-refractivity contribution < 1.29 is 14.5 Å². The molecule has 0 spiro atoms. The van der Waals surface area contributed by atoms with Gasteiger partial charge in [0.25, 0.3) is 5.91 Å². The average Bonchev–Trinajstić information content (AvgIpc) is 2.84. The van der Waals surface area contributed by atoms with Crippen LogP contribution in [0, 0.1) is 18.8 Å². The van der Waals surface area contributed by atoms with Gasteiger partial charge in [-0.1, -0.05) is 25.9 Å². The number of carbonyl (C=O) groups is 1. The van der Waals surface area contributed by atoms with Crippen molar-refractivity contribution >= 4 is 5.91 Å². The normalized spacial score (nSPS) is 28.1. The minimum absolute atomic E-state index is 0.0432. The van der Waals surface area contributed by atoms with Crippen LogP contribution in [-0.2, 0) is 0 Å². The van der Waals surface area contributed by atoms with Gasteiger partial charge in [0.15, 0.2) is 5.69 Å². The van der Waals surface area contributed by atoms with E-state index in [1.54, 1.807) is 11.8 Å². The molecule has 0 aromatic carbocycles. The van der Waals surface area contributed by atoms with Crippen molar-refractivity contribution in [2.24, 2.45) is 11.8 Å². The lowest BCUT2D eigenvalue weighted by molar-refractivity contribution is -0.0244. The van der Waals surface area contributed by atoms with Crippen molar-refractivity contribution in [1.82, 2.24) is 15.2 Å². The number of aliphatic hydroxyl groups is 1. The quantitative estimate of drug-likeness (QED) is 0.845. The molecule has 0 bridgehead atoms. The summed E-state index contributed by atoms with van der Waals surface area (Å²) in [6.07, 6.45) is 0. The molecular weight excluding hydrogens is 234 g/mol. The molecule has 0 radical (unpaired) electrons. The fourth-order valence-electron chi connectivity index (χ4n) is 2.50. The van der Waals surface area contributed by atoms with Crippen LogP contribution in [-0.4, -0.2) is 44.9 Å². The molecule has 6 nitrogen and oxygen atoms in total. The number of aryl methyl sites for hydroxylation is 1. The van der Waals surface area contributed by atoms with Crippen LogP contribution in [0.3, 0.4) is 0 Å². The van der Waals surface area contributed by atoms with Gasteiger partial charge in [-0.25, -0.2) is 4.63 Å². The number of hydrogen-bond acceptors (Lipinski definition) is 5. The average molecular weight is 253 g/mol. The zero-order chi connectivity index (χ0) is 13.5. The molecule has 2 atom stereocenters. The molecule has 6 heteroatoms. The Morgan fingerprint density at radius 1 is 1.56 bits per heavy atom. The number of aromatic nitrogens is 2. The van der Waals surface area contributed by atoms with Gasteiger partial charge in [-0.05, 0) is 18.0 Å². The fraction of sp³-hybridized carbons (Fsp3) is 0.750. The molecule has 1 saturated heterocycles. The van der Waals surface area contributed by atoms with Gasteiger partial charge >= 0.3 is 0 Å². The Balaban J connectivity index is 2.19. The van der Waals surface area contributed by atoms with Gasteiger partial charge in [-0.2, -0.15) is 0 Å². The number of rotatable bonds is 2. The van der Waals surface area contributed by atoms with Crippen LogP contribution < -0.4 is 0 Å². The number of hydrogen-bond donors (Lipinski definition) is 1. The summed E-state index contributed by atoms with van der Waals surface area (Å²) in [7, 11) is 0. The largest absolute Gasteiger partial charge is 0.387 e. The SMILES string of the molecule is Cc1nonc1C(=O)N1C[C@@H](C)[C@](O)(C(C)C)C1.